The molecule has 0 spiro atoms. The third kappa shape index (κ3) is 1.56. The summed E-state index contributed by atoms with van der Waals surface area (Å²) in [5, 5.41) is 10.4. The standard InChI is InChI=1S/C6H4BrClN2O2/c1-3-5(7)6(8)4(2-9-3)10(11)12/h2H,1H3. The minimum absolute atomic E-state index is 0.0903. The molecule has 0 bridgehead atoms. The average molecular weight is 251 g/mol. The minimum atomic E-state index is -0.570. The lowest BCUT2D eigenvalue weighted by Crippen LogP contribution is -1.93. The molecule has 1 aromatic rings. The van der Waals surface area contributed by atoms with Crippen molar-refractivity contribution in [3.8, 4) is 0 Å². The van der Waals surface area contributed by atoms with Crippen molar-refractivity contribution in [2.75, 3.05) is 0 Å². The molecule has 1 aromatic heterocycles. The van der Waals surface area contributed by atoms with E-state index in [4.69, 9.17) is 11.6 Å². The third-order valence-electron chi connectivity index (χ3n) is 1.31. The smallest absolute Gasteiger partial charge is 0.258 e. The van der Waals surface area contributed by atoms with Gasteiger partial charge in [0.05, 0.1) is 15.1 Å². The maximum atomic E-state index is 10.3. The second-order valence-corrected chi connectivity index (χ2v) is 3.28. The molecule has 0 aromatic carbocycles. The molecular formula is C6H4BrClN2O2. The average Bonchev–Trinajstić information content (AvgIpc) is 2.00. The number of pyridine rings is 1. The van der Waals surface area contributed by atoms with Gasteiger partial charge in [0.25, 0.3) is 0 Å². The van der Waals surface area contributed by atoms with Gasteiger partial charge in [-0.15, -0.1) is 0 Å². The molecule has 0 aliphatic heterocycles. The van der Waals surface area contributed by atoms with Crippen molar-refractivity contribution in [2.45, 2.75) is 6.92 Å². The van der Waals surface area contributed by atoms with Crippen LogP contribution in [0.5, 0.6) is 0 Å². The molecule has 0 atom stereocenters. The van der Waals surface area contributed by atoms with Gasteiger partial charge in [-0.3, -0.25) is 15.1 Å². The topological polar surface area (TPSA) is 56.0 Å². The first kappa shape index (κ1) is 9.41. The molecule has 0 saturated heterocycles. The highest BCUT2D eigenvalue weighted by atomic mass is 79.9. The van der Waals surface area contributed by atoms with Crippen molar-refractivity contribution in [1.82, 2.24) is 4.98 Å². The van der Waals surface area contributed by atoms with Gasteiger partial charge in [0, 0.05) is 0 Å². The summed E-state index contributed by atoms with van der Waals surface area (Å²) < 4.78 is 0.471. The van der Waals surface area contributed by atoms with Gasteiger partial charge in [-0.25, -0.2) is 0 Å². The molecular weight excluding hydrogens is 247 g/mol. The van der Waals surface area contributed by atoms with E-state index in [2.05, 4.69) is 20.9 Å². The summed E-state index contributed by atoms with van der Waals surface area (Å²) in [6.07, 6.45) is 1.14. The van der Waals surface area contributed by atoms with E-state index in [1.54, 1.807) is 6.92 Å². The van der Waals surface area contributed by atoms with Gasteiger partial charge in [-0.1, -0.05) is 11.6 Å². The zero-order chi connectivity index (χ0) is 9.30. The molecule has 64 valence electrons. The first-order valence-electron chi connectivity index (χ1n) is 2.99. The number of halogens is 2. The summed E-state index contributed by atoms with van der Waals surface area (Å²) in [7, 11) is 0. The monoisotopic (exact) mass is 250 g/mol. The number of rotatable bonds is 1. The number of hydrogen-bond acceptors (Lipinski definition) is 3. The van der Waals surface area contributed by atoms with Crippen LogP contribution < -0.4 is 0 Å². The van der Waals surface area contributed by atoms with Gasteiger partial charge in [-0.2, -0.15) is 0 Å². The van der Waals surface area contributed by atoms with E-state index < -0.39 is 4.92 Å². The first-order chi connectivity index (χ1) is 5.54. The summed E-state index contributed by atoms with van der Waals surface area (Å²) in [6.45, 7) is 1.71. The summed E-state index contributed by atoms with van der Waals surface area (Å²) in [5.41, 5.74) is 0.444. The highest BCUT2D eigenvalue weighted by Crippen LogP contribution is 2.32. The molecule has 1 rings (SSSR count). The van der Waals surface area contributed by atoms with Crippen LogP contribution in [0.15, 0.2) is 10.7 Å². The number of hydrogen-bond donors (Lipinski definition) is 0. The predicted molar refractivity (Wildman–Crippen MR) is 48.3 cm³/mol. The van der Waals surface area contributed by atoms with Crippen molar-refractivity contribution < 1.29 is 4.92 Å². The van der Waals surface area contributed by atoms with Crippen LogP contribution in [-0.4, -0.2) is 9.91 Å². The molecule has 1 heterocycles. The van der Waals surface area contributed by atoms with E-state index in [9.17, 15) is 10.1 Å². The van der Waals surface area contributed by atoms with E-state index in [1.165, 1.54) is 0 Å². The van der Waals surface area contributed by atoms with Crippen LogP contribution in [0.3, 0.4) is 0 Å². The molecule has 0 radical (unpaired) electrons. The van der Waals surface area contributed by atoms with Crippen LogP contribution in [0.25, 0.3) is 0 Å². The molecule has 12 heavy (non-hydrogen) atoms. The largest absolute Gasteiger partial charge is 0.307 e. The SMILES string of the molecule is Cc1ncc([N+](=O)[O-])c(Cl)c1Br. The van der Waals surface area contributed by atoms with E-state index in [-0.39, 0.29) is 10.7 Å². The second-order valence-electron chi connectivity index (χ2n) is 2.11. The Morgan fingerprint density at radius 2 is 2.33 bits per heavy atom. The fourth-order valence-corrected chi connectivity index (χ4v) is 1.23. The number of aryl methyl sites for hydroxylation is 1. The van der Waals surface area contributed by atoms with Crippen molar-refractivity contribution >= 4 is 33.2 Å². The van der Waals surface area contributed by atoms with Gasteiger partial charge in [0.15, 0.2) is 0 Å². The zero-order valence-electron chi connectivity index (χ0n) is 6.04. The summed E-state index contributed by atoms with van der Waals surface area (Å²) >= 11 is 8.76. The van der Waals surface area contributed by atoms with Crippen LogP contribution in [0.1, 0.15) is 5.69 Å². The third-order valence-corrected chi connectivity index (χ3v) is 2.89. The van der Waals surface area contributed by atoms with Crippen molar-refractivity contribution in [2.24, 2.45) is 0 Å². The zero-order valence-corrected chi connectivity index (χ0v) is 8.39. The Kier molecular flexibility index (Phi) is 2.64. The minimum Gasteiger partial charge on any atom is -0.258 e. The fourth-order valence-electron chi connectivity index (χ4n) is 0.670. The fraction of sp³-hybridized carbons (Fsp3) is 0.167. The van der Waals surface area contributed by atoms with Crippen molar-refractivity contribution in [3.63, 3.8) is 0 Å². The van der Waals surface area contributed by atoms with Crippen LogP contribution in [0.2, 0.25) is 5.02 Å². The van der Waals surface area contributed by atoms with Crippen LogP contribution in [0, 0.1) is 17.0 Å². The molecule has 0 aliphatic carbocycles. The van der Waals surface area contributed by atoms with Crippen molar-refractivity contribution in [3.05, 3.63) is 31.5 Å². The molecule has 0 fully saturated rings. The summed E-state index contributed by atoms with van der Waals surface area (Å²) in [6, 6.07) is 0. The second kappa shape index (κ2) is 3.37. The maximum absolute atomic E-state index is 10.3. The van der Waals surface area contributed by atoms with Gasteiger partial charge >= 0.3 is 5.69 Å². The molecule has 6 heteroatoms. The van der Waals surface area contributed by atoms with E-state index in [0.29, 0.717) is 10.2 Å². The van der Waals surface area contributed by atoms with Crippen LogP contribution >= 0.6 is 27.5 Å². The number of aromatic nitrogens is 1. The number of nitrogens with zero attached hydrogens (tertiary/aromatic N) is 2. The quantitative estimate of drug-likeness (QED) is 0.569. The Morgan fingerprint density at radius 3 is 2.83 bits per heavy atom. The normalized spacial score (nSPS) is 9.92. The molecule has 0 saturated carbocycles. The molecule has 0 N–H and O–H groups in total. The van der Waals surface area contributed by atoms with Crippen molar-refractivity contribution in [1.29, 1.82) is 0 Å². The Hall–Kier alpha value is -0.680. The van der Waals surface area contributed by atoms with E-state index in [1.807, 2.05) is 0 Å². The molecule has 4 nitrogen and oxygen atoms in total. The van der Waals surface area contributed by atoms with E-state index >= 15 is 0 Å². The van der Waals surface area contributed by atoms with Gasteiger partial charge < -0.3 is 0 Å². The lowest BCUT2D eigenvalue weighted by Gasteiger charge is -1.99. The van der Waals surface area contributed by atoms with Crippen LogP contribution in [-0.2, 0) is 0 Å². The predicted octanol–water partition coefficient (Wildman–Crippen LogP) is 2.71. The molecule has 0 amide bonds. The van der Waals surface area contributed by atoms with Crippen LogP contribution in [0.4, 0.5) is 5.69 Å². The van der Waals surface area contributed by atoms with E-state index in [0.717, 1.165) is 6.20 Å². The Bertz CT molecular complexity index is 343. The molecule has 0 unspecified atom stereocenters. The Labute approximate surface area is 81.8 Å². The maximum Gasteiger partial charge on any atom is 0.307 e. The Morgan fingerprint density at radius 1 is 1.75 bits per heavy atom. The first-order valence-corrected chi connectivity index (χ1v) is 4.16. The van der Waals surface area contributed by atoms with Gasteiger partial charge in [0.2, 0.25) is 0 Å². The number of nitro groups is 1. The Balaban J connectivity index is 3.36. The van der Waals surface area contributed by atoms with Gasteiger partial charge in [-0.05, 0) is 22.9 Å². The summed E-state index contributed by atoms with van der Waals surface area (Å²) in [4.78, 5) is 13.6. The molecule has 0 aliphatic rings. The highest BCUT2D eigenvalue weighted by Gasteiger charge is 2.16. The summed E-state index contributed by atoms with van der Waals surface area (Å²) in [5.74, 6) is 0. The van der Waals surface area contributed by atoms with Gasteiger partial charge in [0.1, 0.15) is 11.2 Å². The lowest BCUT2D eigenvalue weighted by atomic mass is 10.3. The highest BCUT2D eigenvalue weighted by molar-refractivity contribution is 9.10. The lowest BCUT2D eigenvalue weighted by molar-refractivity contribution is -0.385.